The Kier molecular flexibility index (Phi) is 3.41. The van der Waals surface area contributed by atoms with Gasteiger partial charge in [0, 0.05) is 13.1 Å². The van der Waals surface area contributed by atoms with Crippen molar-refractivity contribution in [1.29, 1.82) is 0 Å². The van der Waals surface area contributed by atoms with E-state index >= 15 is 0 Å². The second-order valence-corrected chi connectivity index (χ2v) is 4.57. The number of likely N-dealkylation sites (tertiary alicyclic amines) is 1. The van der Waals surface area contributed by atoms with Crippen molar-refractivity contribution in [2.45, 2.75) is 19.8 Å². The monoisotopic (exact) mass is 239 g/mol. The van der Waals surface area contributed by atoms with Crippen LogP contribution in [0.1, 0.15) is 30.1 Å². The van der Waals surface area contributed by atoms with Gasteiger partial charge in [0.05, 0.1) is 0 Å². The Balaban J connectivity index is 2.20. The summed E-state index contributed by atoms with van der Waals surface area (Å²) in [4.78, 5) is 13.5. The molecule has 2 rings (SSSR count). The molecule has 1 amide bonds. The summed E-state index contributed by atoms with van der Waals surface area (Å²) in [6.07, 6.45) is 1.78. The number of hydrogen-bond donors (Lipinski definition) is 0. The average Bonchev–Trinajstić information content (AvgIpc) is 2.29. The molecule has 0 aliphatic carbocycles. The molecular formula is C13H15F2NO. The number of amides is 1. The molecule has 2 nitrogen and oxygen atoms in total. The molecule has 1 aromatic carbocycles. The Labute approximate surface area is 99.2 Å². The highest BCUT2D eigenvalue weighted by molar-refractivity contribution is 5.94. The van der Waals surface area contributed by atoms with E-state index in [1.807, 2.05) is 0 Å². The second-order valence-electron chi connectivity index (χ2n) is 4.57. The van der Waals surface area contributed by atoms with Gasteiger partial charge in [0.2, 0.25) is 0 Å². The summed E-state index contributed by atoms with van der Waals surface area (Å²) >= 11 is 0. The molecule has 4 heteroatoms. The maximum atomic E-state index is 13.4. The zero-order valence-corrected chi connectivity index (χ0v) is 9.75. The minimum Gasteiger partial charge on any atom is -0.338 e. The van der Waals surface area contributed by atoms with E-state index in [-0.39, 0.29) is 0 Å². The lowest BCUT2D eigenvalue weighted by Gasteiger charge is -2.30. The van der Waals surface area contributed by atoms with Gasteiger partial charge >= 0.3 is 0 Å². The maximum Gasteiger partial charge on any atom is 0.259 e. The molecule has 1 aliphatic heterocycles. The van der Waals surface area contributed by atoms with E-state index in [4.69, 9.17) is 0 Å². The first kappa shape index (κ1) is 12.0. The molecule has 0 saturated carbocycles. The molecule has 1 aliphatic rings. The quantitative estimate of drug-likeness (QED) is 0.738. The molecule has 0 N–H and O–H groups in total. The fraction of sp³-hybridized carbons (Fsp3) is 0.462. The molecule has 1 heterocycles. The van der Waals surface area contributed by atoms with E-state index in [1.165, 1.54) is 11.0 Å². The standard InChI is InChI=1S/C13H15F2NO/c1-9-5-7-16(8-6-9)13(17)12-10(14)3-2-4-11(12)15/h2-4,9H,5-8H2,1H3. The molecule has 1 saturated heterocycles. The van der Waals surface area contributed by atoms with Crippen molar-refractivity contribution >= 4 is 5.91 Å². The van der Waals surface area contributed by atoms with Crippen LogP contribution in [0.15, 0.2) is 18.2 Å². The fourth-order valence-electron chi connectivity index (χ4n) is 2.07. The summed E-state index contributed by atoms with van der Waals surface area (Å²) in [7, 11) is 0. The number of piperidine rings is 1. The molecule has 92 valence electrons. The van der Waals surface area contributed by atoms with Crippen LogP contribution in [0.3, 0.4) is 0 Å². The third-order valence-corrected chi connectivity index (χ3v) is 3.25. The Hall–Kier alpha value is -1.45. The fourth-order valence-corrected chi connectivity index (χ4v) is 2.07. The average molecular weight is 239 g/mol. The van der Waals surface area contributed by atoms with Crippen molar-refractivity contribution in [3.05, 3.63) is 35.4 Å². The zero-order valence-electron chi connectivity index (χ0n) is 9.75. The van der Waals surface area contributed by atoms with Gasteiger partial charge in [-0.1, -0.05) is 13.0 Å². The first-order valence-electron chi connectivity index (χ1n) is 5.83. The Morgan fingerprint density at radius 3 is 2.29 bits per heavy atom. The summed E-state index contributed by atoms with van der Waals surface area (Å²) in [5.41, 5.74) is -0.429. The molecular weight excluding hydrogens is 224 g/mol. The van der Waals surface area contributed by atoms with E-state index in [9.17, 15) is 13.6 Å². The van der Waals surface area contributed by atoms with E-state index in [2.05, 4.69) is 6.92 Å². The Morgan fingerprint density at radius 2 is 1.76 bits per heavy atom. The largest absolute Gasteiger partial charge is 0.338 e. The summed E-state index contributed by atoms with van der Waals surface area (Å²) in [6.45, 7) is 3.27. The topological polar surface area (TPSA) is 20.3 Å². The van der Waals surface area contributed by atoms with Crippen molar-refractivity contribution in [1.82, 2.24) is 4.90 Å². The number of carbonyl (C=O) groups excluding carboxylic acids is 1. The van der Waals surface area contributed by atoms with Crippen molar-refractivity contribution < 1.29 is 13.6 Å². The molecule has 1 aromatic rings. The van der Waals surface area contributed by atoms with E-state index in [0.29, 0.717) is 19.0 Å². The van der Waals surface area contributed by atoms with Crippen LogP contribution in [0.25, 0.3) is 0 Å². The van der Waals surface area contributed by atoms with Gasteiger partial charge < -0.3 is 4.90 Å². The van der Waals surface area contributed by atoms with E-state index in [1.54, 1.807) is 0 Å². The molecule has 0 radical (unpaired) electrons. The van der Waals surface area contributed by atoms with Crippen LogP contribution >= 0.6 is 0 Å². The third-order valence-electron chi connectivity index (χ3n) is 3.25. The molecule has 0 unspecified atom stereocenters. The Bertz CT molecular complexity index is 405. The van der Waals surface area contributed by atoms with Crippen LogP contribution in [0.4, 0.5) is 8.78 Å². The first-order chi connectivity index (χ1) is 8.09. The zero-order chi connectivity index (χ0) is 12.4. The van der Waals surface area contributed by atoms with Crippen molar-refractivity contribution in [2.75, 3.05) is 13.1 Å². The third kappa shape index (κ3) is 2.46. The summed E-state index contributed by atoms with van der Waals surface area (Å²) in [5, 5.41) is 0. The van der Waals surface area contributed by atoms with Crippen LogP contribution in [0.5, 0.6) is 0 Å². The first-order valence-corrected chi connectivity index (χ1v) is 5.83. The molecule has 1 fully saturated rings. The van der Waals surface area contributed by atoms with Crippen molar-refractivity contribution in [3.8, 4) is 0 Å². The molecule has 0 atom stereocenters. The highest BCUT2D eigenvalue weighted by Crippen LogP contribution is 2.20. The normalized spacial score (nSPS) is 17.2. The van der Waals surface area contributed by atoms with Gasteiger partial charge in [0.1, 0.15) is 17.2 Å². The molecule has 0 bridgehead atoms. The van der Waals surface area contributed by atoms with Gasteiger partial charge in [-0.05, 0) is 30.9 Å². The van der Waals surface area contributed by atoms with Gasteiger partial charge in [-0.3, -0.25) is 4.79 Å². The lowest BCUT2D eigenvalue weighted by Crippen LogP contribution is -2.38. The molecule has 0 spiro atoms. The van der Waals surface area contributed by atoms with Crippen LogP contribution in [-0.2, 0) is 0 Å². The van der Waals surface area contributed by atoms with Gasteiger partial charge in [-0.15, -0.1) is 0 Å². The second kappa shape index (κ2) is 4.82. The summed E-state index contributed by atoms with van der Waals surface area (Å²) in [6, 6.07) is 3.49. The highest BCUT2D eigenvalue weighted by Gasteiger charge is 2.25. The van der Waals surface area contributed by atoms with Crippen molar-refractivity contribution in [3.63, 3.8) is 0 Å². The smallest absolute Gasteiger partial charge is 0.259 e. The van der Waals surface area contributed by atoms with E-state index in [0.717, 1.165) is 25.0 Å². The summed E-state index contributed by atoms with van der Waals surface area (Å²) in [5.74, 6) is -1.53. The number of halogens is 2. The summed E-state index contributed by atoms with van der Waals surface area (Å²) < 4.78 is 26.9. The maximum absolute atomic E-state index is 13.4. The lowest BCUT2D eigenvalue weighted by molar-refractivity contribution is 0.0687. The Morgan fingerprint density at radius 1 is 1.24 bits per heavy atom. The van der Waals surface area contributed by atoms with Gasteiger partial charge in [-0.25, -0.2) is 8.78 Å². The van der Waals surface area contributed by atoms with Crippen LogP contribution < -0.4 is 0 Å². The lowest BCUT2D eigenvalue weighted by atomic mass is 9.98. The van der Waals surface area contributed by atoms with Crippen LogP contribution in [-0.4, -0.2) is 23.9 Å². The van der Waals surface area contributed by atoms with Crippen LogP contribution in [0.2, 0.25) is 0 Å². The van der Waals surface area contributed by atoms with Gasteiger partial charge in [-0.2, -0.15) is 0 Å². The molecule has 0 aromatic heterocycles. The number of benzene rings is 1. The van der Waals surface area contributed by atoms with Gasteiger partial charge in [0.25, 0.3) is 5.91 Å². The number of hydrogen-bond acceptors (Lipinski definition) is 1. The van der Waals surface area contributed by atoms with Crippen molar-refractivity contribution in [2.24, 2.45) is 5.92 Å². The minimum absolute atomic E-state index is 0.429. The molecule has 17 heavy (non-hydrogen) atoms. The number of rotatable bonds is 1. The SMILES string of the molecule is CC1CCN(C(=O)c2c(F)cccc2F)CC1. The van der Waals surface area contributed by atoms with Crippen LogP contribution in [0, 0.1) is 17.6 Å². The predicted molar refractivity (Wildman–Crippen MR) is 60.7 cm³/mol. The predicted octanol–water partition coefficient (Wildman–Crippen LogP) is 2.84. The minimum atomic E-state index is -0.784. The number of carbonyl (C=O) groups is 1. The highest BCUT2D eigenvalue weighted by atomic mass is 19.1. The van der Waals surface area contributed by atoms with Gasteiger partial charge in [0.15, 0.2) is 0 Å². The number of nitrogens with zero attached hydrogens (tertiary/aromatic N) is 1. The van der Waals surface area contributed by atoms with E-state index < -0.39 is 23.1 Å².